The summed E-state index contributed by atoms with van der Waals surface area (Å²) in [7, 11) is 0. The van der Waals surface area contributed by atoms with Crippen molar-refractivity contribution in [2.75, 3.05) is 0 Å². The van der Waals surface area contributed by atoms with E-state index in [4.69, 9.17) is 0 Å². The fourth-order valence-electron chi connectivity index (χ4n) is 1.18. The quantitative estimate of drug-likeness (QED) is 0.728. The molecule has 0 aliphatic heterocycles. The lowest BCUT2D eigenvalue weighted by Crippen LogP contribution is -2.08. The molecule has 0 amide bonds. The fraction of sp³-hybridized carbons (Fsp3) is 0.100. The molecule has 0 saturated carbocycles. The summed E-state index contributed by atoms with van der Waals surface area (Å²) in [6.07, 6.45) is 4.57. The van der Waals surface area contributed by atoms with Crippen LogP contribution in [0, 0.1) is 6.92 Å². The zero-order chi connectivity index (χ0) is 9.97. The van der Waals surface area contributed by atoms with Crippen LogP contribution in [0.3, 0.4) is 0 Å². The lowest BCUT2D eigenvalue weighted by Gasteiger charge is -1.98. The van der Waals surface area contributed by atoms with Crippen molar-refractivity contribution in [2.45, 2.75) is 6.92 Å². The highest BCUT2D eigenvalue weighted by Gasteiger charge is 2.01. The Kier molecular flexibility index (Phi) is 2.10. The molecule has 4 nitrogen and oxygen atoms in total. The first kappa shape index (κ1) is 8.62. The van der Waals surface area contributed by atoms with Gasteiger partial charge in [-0.1, -0.05) is 6.07 Å². The highest BCUT2D eigenvalue weighted by Crippen LogP contribution is 2.11. The molecule has 2 aromatic heterocycles. The van der Waals surface area contributed by atoms with Gasteiger partial charge in [-0.15, -0.1) is 0 Å². The Balaban J connectivity index is 2.56. The molecule has 2 heterocycles. The summed E-state index contributed by atoms with van der Waals surface area (Å²) in [6.45, 7) is 1.90. The fourth-order valence-corrected chi connectivity index (χ4v) is 1.18. The number of H-pyrrole nitrogens is 1. The van der Waals surface area contributed by atoms with Gasteiger partial charge in [-0.2, -0.15) is 0 Å². The van der Waals surface area contributed by atoms with E-state index in [0.717, 1.165) is 11.3 Å². The molecular formula is C10H9N3O. The van der Waals surface area contributed by atoms with Crippen LogP contribution in [0.1, 0.15) is 5.69 Å². The lowest BCUT2D eigenvalue weighted by atomic mass is 10.1. The second kappa shape index (κ2) is 3.41. The summed E-state index contributed by atoms with van der Waals surface area (Å²) in [4.78, 5) is 21.9. The number of nitrogens with zero attached hydrogens (tertiary/aromatic N) is 2. The van der Waals surface area contributed by atoms with Gasteiger partial charge in [-0.05, 0) is 13.0 Å². The molecule has 4 heteroatoms. The van der Waals surface area contributed by atoms with E-state index in [1.165, 1.54) is 12.5 Å². The van der Waals surface area contributed by atoms with Gasteiger partial charge < -0.3 is 4.98 Å². The van der Waals surface area contributed by atoms with Gasteiger partial charge in [0.05, 0.1) is 11.9 Å². The Bertz CT molecular complexity index is 487. The van der Waals surface area contributed by atoms with Crippen LogP contribution >= 0.6 is 0 Å². The molecular weight excluding hydrogens is 178 g/mol. The highest BCUT2D eigenvalue weighted by atomic mass is 16.1. The van der Waals surface area contributed by atoms with Gasteiger partial charge in [0, 0.05) is 23.7 Å². The molecule has 0 atom stereocenters. The van der Waals surface area contributed by atoms with Crippen LogP contribution < -0.4 is 5.56 Å². The molecule has 0 unspecified atom stereocenters. The third kappa shape index (κ3) is 1.54. The Morgan fingerprint density at radius 2 is 2.14 bits per heavy atom. The monoisotopic (exact) mass is 187 g/mol. The normalized spacial score (nSPS) is 10.1. The smallest absolute Gasteiger partial charge is 0.258 e. The van der Waals surface area contributed by atoms with Gasteiger partial charge in [0.15, 0.2) is 0 Å². The van der Waals surface area contributed by atoms with E-state index in [9.17, 15) is 4.79 Å². The minimum absolute atomic E-state index is 0.148. The average Bonchev–Trinajstić information content (AvgIpc) is 2.20. The number of aromatic amines is 1. The van der Waals surface area contributed by atoms with Crippen LogP contribution in [0.25, 0.3) is 11.1 Å². The molecule has 1 N–H and O–H groups in total. The minimum Gasteiger partial charge on any atom is -0.313 e. The first-order valence-corrected chi connectivity index (χ1v) is 4.23. The van der Waals surface area contributed by atoms with Gasteiger partial charge in [-0.3, -0.25) is 9.78 Å². The SMILES string of the molecule is Cc1ccc(-c2cnc[nH]c2=O)cn1. The molecule has 0 spiro atoms. The van der Waals surface area contributed by atoms with Gasteiger partial charge in [-0.25, -0.2) is 4.98 Å². The maximum Gasteiger partial charge on any atom is 0.258 e. The zero-order valence-corrected chi connectivity index (χ0v) is 7.69. The lowest BCUT2D eigenvalue weighted by molar-refractivity contribution is 1.11. The maximum atomic E-state index is 11.4. The molecule has 0 saturated heterocycles. The van der Waals surface area contributed by atoms with Crippen molar-refractivity contribution in [1.82, 2.24) is 15.0 Å². The van der Waals surface area contributed by atoms with Gasteiger partial charge >= 0.3 is 0 Å². The van der Waals surface area contributed by atoms with Gasteiger partial charge in [0.25, 0.3) is 5.56 Å². The van der Waals surface area contributed by atoms with Crippen LogP contribution in [0.2, 0.25) is 0 Å². The second-order valence-electron chi connectivity index (χ2n) is 2.98. The Hall–Kier alpha value is -1.97. The van der Waals surface area contributed by atoms with E-state index >= 15 is 0 Å². The van der Waals surface area contributed by atoms with Crippen molar-refractivity contribution in [3.05, 3.63) is 46.9 Å². The van der Waals surface area contributed by atoms with E-state index in [-0.39, 0.29) is 5.56 Å². The molecule has 14 heavy (non-hydrogen) atoms. The molecule has 0 aromatic carbocycles. The largest absolute Gasteiger partial charge is 0.313 e. The average molecular weight is 187 g/mol. The number of rotatable bonds is 1. The third-order valence-electron chi connectivity index (χ3n) is 1.94. The molecule has 0 bridgehead atoms. The molecule has 0 aliphatic rings. The van der Waals surface area contributed by atoms with Crippen molar-refractivity contribution >= 4 is 0 Å². The summed E-state index contributed by atoms with van der Waals surface area (Å²) < 4.78 is 0. The van der Waals surface area contributed by atoms with E-state index in [1.54, 1.807) is 6.20 Å². The number of aryl methyl sites for hydroxylation is 1. The summed E-state index contributed by atoms with van der Waals surface area (Å²) >= 11 is 0. The predicted octanol–water partition coefficient (Wildman–Crippen LogP) is 1.14. The van der Waals surface area contributed by atoms with Crippen LogP contribution in [-0.2, 0) is 0 Å². The Morgan fingerprint density at radius 3 is 2.79 bits per heavy atom. The molecule has 70 valence electrons. The molecule has 0 aliphatic carbocycles. The predicted molar refractivity (Wildman–Crippen MR) is 52.8 cm³/mol. The second-order valence-corrected chi connectivity index (χ2v) is 2.98. The Morgan fingerprint density at radius 1 is 1.29 bits per heavy atom. The maximum absolute atomic E-state index is 11.4. The van der Waals surface area contributed by atoms with E-state index in [1.807, 2.05) is 19.1 Å². The molecule has 2 rings (SSSR count). The van der Waals surface area contributed by atoms with Crippen LogP contribution in [0.5, 0.6) is 0 Å². The van der Waals surface area contributed by atoms with Crippen molar-refractivity contribution in [3.63, 3.8) is 0 Å². The summed E-state index contributed by atoms with van der Waals surface area (Å²) in [5.41, 5.74) is 2.10. The Labute approximate surface area is 80.7 Å². The summed E-state index contributed by atoms with van der Waals surface area (Å²) in [5, 5.41) is 0. The molecule has 0 radical (unpaired) electrons. The van der Waals surface area contributed by atoms with E-state index in [0.29, 0.717) is 5.56 Å². The number of hydrogen-bond acceptors (Lipinski definition) is 3. The van der Waals surface area contributed by atoms with E-state index in [2.05, 4.69) is 15.0 Å². The van der Waals surface area contributed by atoms with Crippen LogP contribution in [0.15, 0.2) is 35.6 Å². The third-order valence-corrected chi connectivity index (χ3v) is 1.94. The number of aromatic nitrogens is 3. The van der Waals surface area contributed by atoms with E-state index < -0.39 is 0 Å². The van der Waals surface area contributed by atoms with Crippen molar-refractivity contribution in [2.24, 2.45) is 0 Å². The minimum atomic E-state index is -0.148. The molecule has 2 aromatic rings. The van der Waals surface area contributed by atoms with Crippen molar-refractivity contribution in [3.8, 4) is 11.1 Å². The van der Waals surface area contributed by atoms with Crippen LogP contribution in [0.4, 0.5) is 0 Å². The van der Waals surface area contributed by atoms with Crippen molar-refractivity contribution < 1.29 is 0 Å². The number of nitrogens with one attached hydrogen (secondary N) is 1. The summed E-state index contributed by atoms with van der Waals surface area (Å²) in [6, 6.07) is 3.72. The first-order chi connectivity index (χ1) is 6.77. The van der Waals surface area contributed by atoms with Gasteiger partial charge in [0.2, 0.25) is 0 Å². The van der Waals surface area contributed by atoms with Crippen molar-refractivity contribution in [1.29, 1.82) is 0 Å². The number of pyridine rings is 1. The first-order valence-electron chi connectivity index (χ1n) is 4.23. The van der Waals surface area contributed by atoms with Crippen LogP contribution in [-0.4, -0.2) is 15.0 Å². The van der Waals surface area contributed by atoms with Gasteiger partial charge in [0.1, 0.15) is 0 Å². The standard InChI is InChI=1S/C10H9N3O/c1-7-2-3-8(4-12-7)9-5-11-6-13-10(9)14/h2-6H,1H3,(H,11,13,14). The number of hydrogen-bond donors (Lipinski definition) is 1. The summed E-state index contributed by atoms with van der Waals surface area (Å²) in [5.74, 6) is 0. The zero-order valence-electron chi connectivity index (χ0n) is 7.69. The highest BCUT2D eigenvalue weighted by molar-refractivity contribution is 5.59. The topological polar surface area (TPSA) is 58.6 Å². The molecule has 0 fully saturated rings.